The van der Waals surface area contributed by atoms with Crippen molar-refractivity contribution in [1.29, 1.82) is 0 Å². The molecule has 2 atom stereocenters. The number of hydroxylamine groups is 2. The van der Waals surface area contributed by atoms with Gasteiger partial charge >= 0.3 is 6.09 Å². The molecule has 0 bridgehead atoms. The summed E-state index contributed by atoms with van der Waals surface area (Å²) in [6.45, 7) is 7.47. The molecule has 0 heterocycles. The Morgan fingerprint density at radius 2 is 1.95 bits per heavy atom. The first-order chi connectivity index (χ1) is 10.3. The molecule has 0 saturated carbocycles. The van der Waals surface area contributed by atoms with Crippen molar-refractivity contribution < 1.29 is 14.7 Å². The van der Waals surface area contributed by atoms with Crippen molar-refractivity contribution in [3.63, 3.8) is 0 Å². The maximum Gasteiger partial charge on any atom is 0.434 e. The minimum Gasteiger partial charge on any atom is -0.442 e. The quantitative estimate of drug-likeness (QED) is 0.515. The molecule has 0 aromatic heterocycles. The maximum absolute atomic E-state index is 12.0. The fourth-order valence-corrected chi connectivity index (χ4v) is 2.64. The molecule has 2 rings (SSSR count). The summed E-state index contributed by atoms with van der Waals surface area (Å²) in [4.78, 5) is 12.0. The predicted octanol–water partition coefficient (Wildman–Crippen LogP) is 4.29. The van der Waals surface area contributed by atoms with E-state index >= 15 is 0 Å². The highest BCUT2D eigenvalue weighted by Crippen LogP contribution is 2.32. The monoisotopic (exact) mass is 303 g/mol. The van der Waals surface area contributed by atoms with E-state index in [4.69, 9.17) is 4.74 Å². The molecule has 4 nitrogen and oxygen atoms in total. The van der Waals surface area contributed by atoms with Crippen LogP contribution < -0.4 is 0 Å². The lowest BCUT2D eigenvalue weighted by atomic mass is 9.93. The Balaban J connectivity index is 2.11. The van der Waals surface area contributed by atoms with Crippen LogP contribution in [-0.2, 0) is 11.2 Å². The highest BCUT2D eigenvalue weighted by Gasteiger charge is 2.34. The summed E-state index contributed by atoms with van der Waals surface area (Å²) in [6, 6.07) is 7.99. The standard InChI is InChI=1S/C18H25NO3/c1-5-13-9-11-14(12-10-13)15-7-6-8-16(15)19(21)17(20)22-18(2,3)4/h6-7,9-12,15-16,21H,5,8H2,1-4H3/t15-,16-/m0/s1. The third kappa shape index (κ3) is 3.89. The maximum atomic E-state index is 12.0. The lowest BCUT2D eigenvalue weighted by Crippen LogP contribution is -2.42. The van der Waals surface area contributed by atoms with Gasteiger partial charge in [-0.25, -0.2) is 4.79 Å². The molecular weight excluding hydrogens is 278 g/mol. The van der Waals surface area contributed by atoms with Crippen LogP contribution in [0.2, 0.25) is 0 Å². The van der Waals surface area contributed by atoms with Crippen molar-refractivity contribution in [2.75, 3.05) is 0 Å². The van der Waals surface area contributed by atoms with E-state index in [1.165, 1.54) is 5.56 Å². The van der Waals surface area contributed by atoms with Crippen LogP contribution in [0.25, 0.3) is 0 Å². The van der Waals surface area contributed by atoms with Gasteiger partial charge in [0, 0.05) is 5.92 Å². The van der Waals surface area contributed by atoms with Crippen LogP contribution in [0, 0.1) is 0 Å². The second-order valence-electron chi connectivity index (χ2n) is 6.68. The Labute approximate surface area is 132 Å². The van der Waals surface area contributed by atoms with Gasteiger partial charge in [-0.05, 0) is 44.7 Å². The van der Waals surface area contributed by atoms with Crippen LogP contribution in [0.15, 0.2) is 36.4 Å². The number of benzene rings is 1. The van der Waals surface area contributed by atoms with E-state index in [2.05, 4.69) is 31.2 Å². The van der Waals surface area contributed by atoms with E-state index in [1.807, 2.05) is 12.2 Å². The van der Waals surface area contributed by atoms with Gasteiger partial charge in [0.15, 0.2) is 0 Å². The Kier molecular flexibility index (Phi) is 4.91. The first-order valence-corrected chi connectivity index (χ1v) is 7.78. The second kappa shape index (κ2) is 6.53. The first kappa shape index (κ1) is 16.6. The summed E-state index contributed by atoms with van der Waals surface area (Å²) in [6.07, 6.45) is 4.96. The average molecular weight is 303 g/mol. The summed E-state index contributed by atoms with van der Waals surface area (Å²) in [7, 11) is 0. The molecular formula is C18H25NO3. The van der Waals surface area contributed by atoms with E-state index in [1.54, 1.807) is 20.8 Å². The first-order valence-electron chi connectivity index (χ1n) is 7.78. The fourth-order valence-electron chi connectivity index (χ4n) is 2.64. The van der Waals surface area contributed by atoms with Gasteiger partial charge in [0.25, 0.3) is 0 Å². The van der Waals surface area contributed by atoms with Crippen molar-refractivity contribution in [3.8, 4) is 0 Å². The van der Waals surface area contributed by atoms with Crippen molar-refractivity contribution in [2.24, 2.45) is 0 Å². The molecule has 1 amide bonds. The molecule has 0 unspecified atom stereocenters. The number of hydrogen-bond donors (Lipinski definition) is 1. The number of aryl methyl sites for hydroxylation is 1. The highest BCUT2D eigenvalue weighted by atomic mass is 16.6. The molecule has 1 aliphatic carbocycles. The van der Waals surface area contributed by atoms with Crippen LogP contribution >= 0.6 is 0 Å². The minimum absolute atomic E-state index is 0.0107. The molecule has 120 valence electrons. The third-order valence-corrected chi connectivity index (χ3v) is 3.80. The molecule has 4 heteroatoms. The number of hydrogen-bond acceptors (Lipinski definition) is 3. The van der Waals surface area contributed by atoms with Crippen molar-refractivity contribution >= 4 is 6.09 Å². The number of ether oxygens (including phenoxy) is 1. The molecule has 0 saturated heterocycles. The molecule has 0 aliphatic heterocycles. The van der Waals surface area contributed by atoms with Crippen molar-refractivity contribution in [1.82, 2.24) is 5.06 Å². The van der Waals surface area contributed by atoms with Crippen molar-refractivity contribution in [2.45, 2.75) is 58.1 Å². The van der Waals surface area contributed by atoms with Crippen molar-refractivity contribution in [3.05, 3.63) is 47.5 Å². The highest BCUT2D eigenvalue weighted by molar-refractivity contribution is 5.67. The van der Waals surface area contributed by atoms with E-state index in [-0.39, 0.29) is 12.0 Å². The molecule has 0 fully saturated rings. The lowest BCUT2D eigenvalue weighted by molar-refractivity contribution is -0.120. The van der Waals surface area contributed by atoms with Gasteiger partial charge in [-0.1, -0.05) is 43.3 Å². The van der Waals surface area contributed by atoms with Crippen LogP contribution in [0.1, 0.15) is 51.2 Å². The zero-order valence-electron chi connectivity index (χ0n) is 13.7. The topological polar surface area (TPSA) is 49.8 Å². The minimum atomic E-state index is -0.698. The van der Waals surface area contributed by atoms with Crippen LogP contribution in [0.4, 0.5) is 4.79 Å². The predicted molar refractivity (Wildman–Crippen MR) is 86.0 cm³/mol. The Morgan fingerprint density at radius 1 is 1.32 bits per heavy atom. The smallest absolute Gasteiger partial charge is 0.434 e. The zero-order valence-corrected chi connectivity index (χ0v) is 13.7. The summed E-state index contributed by atoms with van der Waals surface area (Å²) in [5.41, 5.74) is 1.75. The van der Waals surface area contributed by atoms with Gasteiger partial charge in [0.1, 0.15) is 5.60 Å². The van der Waals surface area contributed by atoms with Gasteiger partial charge in [0.2, 0.25) is 0 Å². The molecule has 22 heavy (non-hydrogen) atoms. The van der Waals surface area contributed by atoms with Gasteiger partial charge in [-0.15, -0.1) is 0 Å². The number of carbonyl (C=O) groups is 1. The number of rotatable bonds is 3. The number of nitrogens with zero attached hydrogens (tertiary/aromatic N) is 1. The molecule has 1 N–H and O–H groups in total. The summed E-state index contributed by atoms with van der Waals surface area (Å²) in [5, 5.41) is 11.0. The van der Waals surface area contributed by atoms with E-state index < -0.39 is 11.7 Å². The molecule has 1 aromatic carbocycles. The van der Waals surface area contributed by atoms with E-state index in [0.717, 1.165) is 17.0 Å². The van der Waals surface area contributed by atoms with E-state index in [9.17, 15) is 10.0 Å². The largest absolute Gasteiger partial charge is 0.442 e. The van der Waals surface area contributed by atoms with Gasteiger partial charge in [0.05, 0.1) is 6.04 Å². The number of amides is 1. The van der Waals surface area contributed by atoms with Crippen LogP contribution in [-0.4, -0.2) is 28.0 Å². The molecule has 1 aromatic rings. The lowest BCUT2D eigenvalue weighted by Gasteiger charge is -2.30. The third-order valence-electron chi connectivity index (χ3n) is 3.80. The molecule has 0 radical (unpaired) electrons. The van der Waals surface area contributed by atoms with Crippen LogP contribution in [0.3, 0.4) is 0 Å². The van der Waals surface area contributed by atoms with Gasteiger partial charge < -0.3 is 4.74 Å². The normalized spacial score (nSPS) is 21.0. The average Bonchev–Trinajstić information content (AvgIpc) is 2.94. The molecule has 0 spiro atoms. The van der Waals surface area contributed by atoms with Crippen LogP contribution in [0.5, 0.6) is 0 Å². The molecule has 1 aliphatic rings. The summed E-state index contributed by atoms with van der Waals surface area (Å²) in [5.74, 6) is -0.0107. The second-order valence-corrected chi connectivity index (χ2v) is 6.68. The Hall–Kier alpha value is -1.81. The summed E-state index contributed by atoms with van der Waals surface area (Å²) >= 11 is 0. The Bertz CT molecular complexity index is 542. The zero-order chi connectivity index (χ0) is 16.3. The summed E-state index contributed by atoms with van der Waals surface area (Å²) < 4.78 is 5.24. The number of carbonyl (C=O) groups excluding carboxylic acids is 1. The SMILES string of the molecule is CCc1ccc([C@@H]2C=CC[C@@H]2N(O)C(=O)OC(C)(C)C)cc1. The van der Waals surface area contributed by atoms with E-state index in [0.29, 0.717) is 6.42 Å². The van der Waals surface area contributed by atoms with Gasteiger partial charge in [-0.2, -0.15) is 5.06 Å². The fraction of sp³-hybridized carbons (Fsp3) is 0.500. The van der Waals surface area contributed by atoms with Gasteiger partial charge in [-0.3, -0.25) is 5.21 Å². The Morgan fingerprint density at radius 3 is 2.50 bits per heavy atom.